The predicted octanol–water partition coefficient (Wildman–Crippen LogP) is 2.16. The fourth-order valence-electron chi connectivity index (χ4n) is 1.29. The first kappa shape index (κ1) is 14.9. The van der Waals surface area contributed by atoms with Crippen molar-refractivity contribution < 1.29 is 20.4 Å². The minimum absolute atomic E-state index is 0.249. The summed E-state index contributed by atoms with van der Waals surface area (Å²) in [5.74, 6) is 0. The Hall–Kier alpha value is 0.460. The molecule has 0 bridgehead atoms. The highest BCUT2D eigenvalue weighted by Crippen LogP contribution is 2.56. The number of hydrogen-bond acceptors (Lipinski definition) is 8. The van der Waals surface area contributed by atoms with Crippen molar-refractivity contribution in [2.24, 2.45) is 0 Å². The lowest BCUT2D eigenvalue weighted by Gasteiger charge is -2.05. The van der Waals surface area contributed by atoms with Crippen LogP contribution in [0.5, 0.6) is 0 Å². The Morgan fingerprint density at radius 2 is 1.17 bits per heavy atom. The van der Waals surface area contributed by atoms with Crippen molar-refractivity contribution in [2.75, 3.05) is 0 Å². The van der Waals surface area contributed by atoms with Crippen LogP contribution in [0.1, 0.15) is 12.8 Å². The Morgan fingerprint density at radius 1 is 0.778 bits per heavy atom. The number of aliphatic hydroxyl groups excluding tert-OH is 2. The second kappa shape index (κ2) is 6.76. The van der Waals surface area contributed by atoms with Crippen LogP contribution in [0.25, 0.3) is 0 Å². The molecule has 0 aromatic rings. The van der Waals surface area contributed by atoms with Gasteiger partial charge >= 0.3 is 0 Å². The van der Waals surface area contributed by atoms with Gasteiger partial charge in [0, 0.05) is 22.7 Å². The smallest absolute Gasteiger partial charge is 0.156 e. The molecule has 0 fully saturated rings. The molecule has 0 unspecified atom stereocenters. The minimum Gasteiger partial charge on any atom is -0.368 e. The Balaban J connectivity index is 1.90. The normalized spacial score (nSPS) is 24.1. The Kier molecular flexibility index (Phi) is 5.58. The maximum absolute atomic E-state index is 8.91. The lowest BCUT2D eigenvalue weighted by atomic mass is 10.4. The molecule has 0 aromatic heterocycles. The Labute approximate surface area is 122 Å². The maximum Gasteiger partial charge on any atom is 0.156 e. The molecule has 0 atom stereocenters. The molecule has 0 amide bonds. The third-order valence-corrected chi connectivity index (χ3v) is 7.38. The molecule has 4 nitrogen and oxygen atoms in total. The van der Waals surface area contributed by atoms with E-state index in [-0.39, 0.29) is 12.8 Å². The second-order valence-electron chi connectivity index (χ2n) is 3.55. The van der Waals surface area contributed by atoms with Gasteiger partial charge in [0.1, 0.15) is 0 Å². The van der Waals surface area contributed by atoms with Gasteiger partial charge in [-0.25, -0.2) is 0 Å². The molecule has 18 heavy (non-hydrogen) atoms. The molecular formula is C10H12O4S4. The van der Waals surface area contributed by atoms with Crippen LogP contribution in [0.15, 0.2) is 29.1 Å². The van der Waals surface area contributed by atoms with Crippen molar-refractivity contribution in [3.8, 4) is 0 Å². The molecule has 0 aliphatic carbocycles. The van der Waals surface area contributed by atoms with E-state index in [0.717, 1.165) is 18.3 Å². The number of aliphatic hydroxyl groups is 4. The van der Waals surface area contributed by atoms with E-state index in [1.807, 2.05) is 10.8 Å². The van der Waals surface area contributed by atoms with E-state index >= 15 is 0 Å². The van der Waals surface area contributed by atoms with Gasteiger partial charge in [-0.2, -0.15) is 0 Å². The molecule has 2 rings (SSSR count). The van der Waals surface area contributed by atoms with E-state index in [9.17, 15) is 0 Å². The summed E-state index contributed by atoms with van der Waals surface area (Å²) >= 11 is 6.22. The molecule has 8 heteroatoms. The summed E-state index contributed by atoms with van der Waals surface area (Å²) < 4.78 is 2.22. The molecule has 4 N–H and O–H groups in total. The zero-order valence-corrected chi connectivity index (χ0v) is 12.4. The zero-order chi connectivity index (χ0) is 13.1. The highest BCUT2D eigenvalue weighted by Gasteiger charge is 2.23. The van der Waals surface area contributed by atoms with Crippen molar-refractivity contribution >= 4 is 47.0 Å². The van der Waals surface area contributed by atoms with Crippen LogP contribution in [-0.2, 0) is 0 Å². The lowest BCUT2D eigenvalue weighted by molar-refractivity contribution is -0.0373. The molecule has 0 saturated heterocycles. The van der Waals surface area contributed by atoms with Crippen molar-refractivity contribution in [1.82, 2.24) is 0 Å². The van der Waals surface area contributed by atoms with Crippen LogP contribution in [0, 0.1) is 0 Å². The first-order chi connectivity index (χ1) is 8.54. The largest absolute Gasteiger partial charge is 0.368 e. The first-order valence-electron chi connectivity index (χ1n) is 5.08. The van der Waals surface area contributed by atoms with Crippen molar-refractivity contribution in [3.05, 3.63) is 29.1 Å². The van der Waals surface area contributed by atoms with E-state index in [0.29, 0.717) is 0 Å². The van der Waals surface area contributed by atoms with Crippen LogP contribution < -0.4 is 0 Å². The lowest BCUT2D eigenvalue weighted by Crippen LogP contribution is -2.03. The van der Waals surface area contributed by atoms with E-state index in [4.69, 9.17) is 20.4 Å². The van der Waals surface area contributed by atoms with Gasteiger partial charge in [-0.15, -0.1) is 0 Å². The molecule has 0 aromatic carbocycles. The van der Waals surface area contributed by atoms with Crippen molar-refractivity contribution in [3.63, 3.8) is 0 Å². The van der Waals surface area contributed by atoms with Crippen LogP contribution >= 0.6 is 47.0 Å². The third-order valence-electron chi connectivity index (χ3n) is 1.98. The standard InChI is InChI=1S/C10H12O4S4/c11-7(12)1-5-3-15-9(17-5)10-16-4-6(18-10)2-8(13)14/h3-4,7-8,11-14H,1-2H2/b10-9+. The average Bonchev–Trinajstić information content (AvgIpc) is 2.85. The second-order valence-corrected chi connectivity index (χ2v) is 8.10. The Bertz CT molecular complexity index is 376. The number of rotatable bonds is 4. The summed E-state index contributed by atoms with van der Waals surface area (Å²) in [6.45, 7) is 0. The molecular weight excluding hydrogens is 312 g/mol. The van der Waals surface area contributed by atoms with Gasteiger partial charge in [0.05, 0.1) is 8.47 Å². The SMILES string of the molecule is OC(O)CC1=CS/C(=C2/SC=C(CC(O)O)S2)S1. The summed E-state index contributed by atoms with van der Waals surface area (Å²) in [5, 5.41) is 39.5. The van der Waals surface area contributed by atoms with Gasteiger partial charge in [0.15, 0.2) is 12.6 Å². The molecule has 2 aliphatic rings. The van der Waals surface area contributed by atoms with Gasteiger partial charge in [0.25, 0.3) is 0 Å². The molecule has 2 aliphatic heterocycles. The van der Waals surface area contributed by atoms with Gasteiger partial charge in [-0.3, -0.25) is 0 Å². The highest BCUT2D eigenvalue weighted by atomic mass is 32.2. The average molecular weight is 324 g/mol. The summed E-state index contributed by atoms with van der Waals surface area (Å²) in [7, 11) is 0. The fraction of sp³-hybridized carbons (Fsp3) is 0.400. The van der Waals surface area contributed by atoms with E-state index in [1.54, 1.807) is 47.0 Å². The quantitative estimate of drug-likeness (QED) is 0.586. The topological polar surface area (TPSA) is 80.9 Å². The van der Waals surface area contributed by atoms with Gasteiger partial charge in [0.2, 0.25) is 0 Å². The van der Waals surface area contributed by atoms with Crippen LogP contribution in [0.2, 0.25) is 0 Å². The van der Waals surface area contributed by atoms with Crippen molar-refractivity contribution in [2.45, 2.75) is 25.4 Å². The Morgan fingerprint density at radius 3 is 1.50 bits per heavy atom. The van der Waals surface area contributed by atoms with Crippen LogP contribution in [0.3, 0.4) is 0 Å². The number of thioether (sulfide) groups is 4. The van der Waals surface area contributed by atoms with Crippen molar-refractivity contribution in [1.29, 1.82) is 0 Å². The summed E-state index contributed by atoms with van der Waals surface area (Å²) in [6.07, 6.45) is -2.12. The van der Waals surface area contributed by atoms with E-state index < -0.39 is 12.6 Å². The van der Waals surface area contributed by atoms with E-state index in [2.05, 4.69) is 0 Å². The molecule has 0 spiro atoms. The molecule has 0 saturated carbocycles. The fourth-order valence-corrected chi connectivity index (χ4v) is 6.33. The summed E-state index contributed by atoms with van der Waals surface area (Å²) in [4.78, 5) is 1.88. The summed E-state index contributed by atoms with van der Waals surface area (Å²) in [5.41, 5.74) is 0. The van der Waals surface area contributed by atoms with Crippen LogP contribution in [0.4, 0.5) is 0 Å². The predicted molar refractivity (Wildman–Crippen MR) is 79.2 cm³/mol. The zero-order valence-electron chi connectivity index (χ0n) is 9.15. The maximum atomic E-state index is 8.91. The highest BCUT2D eigenvalue weighted by molar-refractivity contribution is 8.33. The minimum atomic E-state index is -1.31. The molecule has 100 valence electrons. The molecule has 2 heterocycles. The monoisotopic (exact) mass is 324 g/mol. The van der Waals surface area contributed by atoms with Gasteiger partial charge < -0.3 is 20.4 Å². The van der Waals surface area contributed by atoms with E-state index in [1.165, 1.54) is 0 Å². The first-order valence-corrected chi connectivity index (χ1v) is 8.47. The third kappa shape index (κ3) is 4.24. The molecule has 0 radical (unpaired) electrons. The van der Waals surface area contributed by atoms with Gasteiger partial charge in [-0.1, -0.05) is 47.0 Å². The summed E-state index contributed by atoms with van der Waals surface area (Å²) in [6, 6.07) is 0. The van der Waals surface area contributed by atoms with Gasteiger partial charge in [-0.05, 0) is 10.8 Å². The number of hydrogen-bond donors (Lipinski definition) is 4. The van der Waals surface area contributed by atoms with Crippen LogP contribution in [-0.4, -0.2) is 33.0 Å².